The highest BCUT2D eigenvalue weighted by Gasteiger charge is 2.23. The summed E-state index contributed by atoms with van der Waals surface area (Å²) in [6.07, 6.45) is 4.97. The number of benzene rings is 1. The summed E-state index contributed by atoms with van der Waals surface area (Å²) in [6, 6.07) is 12.1. The molecule has 2 heterocycles. The van der Waals surface area contributed by atoms with Gasteiger partial charge in [-0.2, -0.15) is 0 Å². The first-order valence-electron chi connectivity index (χ1n) is 8.79. The van der Waals surface area contributed by atoms with Crippen molar-refractivity contribution in [3.63, 3.8) is 0 Å². The van der Waals surface area contributed by atoms with E-state index < -0.39 is 0 Å². The minimum absolute atomic E-state index is 0. The van der Waals surface area contributed by atoms with Gasteiger partial charge in [0.25, 0.3) is 0 Å². The highest BCUT2D eigenvalue weighted by atomic mass is 127. The van der Waals surface area contributed by atoms with Crippen molar-refractivity contribution in [3.05, 3.63) is 54.4 Å². The van der Waals surface area contributed by atoms with Gasteiger partial charge < -0.3 is 20.1 Å². The summed E-state index contributed by atoms with van der Waals surface area (Å²) in [5.41, 5.74) is 2.25. The average molecular weight is 467 g/mol. The molecule has 1 aliphatic heterocycles. The monoisotopic (exact) mass is 467 g/mol. The van der Waals surface area contributed by atoms with Crippen LogP contribution in [-0.2, 0) is 17.8 Å². The third kappa shape index (κ3) is 5.23. The molecule has 0 spiro atoms. The van der Waals surface area contributed by atoms with Gasteiger partial charge in [0.15, 0.2) is 5.96 Å². The molecule has 2 N–H and O–H groups in total. The molecule has 0 radical (unpaired) electrons. The number of aliphatic imine (C=N–C) groups is 1. The summed E-state index contributed by atoms with van der Waals surface area (Å²) in [6.45, 7) is 5.27. The number of para-hydroxylation sites is 1. The normalized spacial score (nSPS) is 13.1. The minimum Gasteiger partial charge on any atom is -0.357 e. The van der Waals surface area contributed by atoms with Crippen molar-refractivity contribution >= 4 is 41.5 Å². The molecular formula is C19H26IN5O. The number of nitrogens with one attached hydrogen (secondary N) is 2. The van der Waals surface area contributed by atoms with E-state index in [4.69, 9.17) is 0 Å². The molecule has 140 valence electrons. The molecule has 1 amide bonds. The number of carbonyl (C=O) groups is 1. The van der Waals surface area contributed by atoms with Gasteiger partial charge in [-0.3, -0.25) is 4.79 Å². The minimum atomic E-state index is 0. The summed E-state index contributed by atoms with van der Waals surface area (Å²) >= 11 is 0. The van der Waals surface area contributed by atoms with Crippen molar-refractivity contribution in [1.29, 1.82) is 0 Å². The van der Waals surface area contributed by atoms with Crippen LogP contribution in [0, 0.1) is 0 Å². The molecule has 0 aliphatic carbocycles. The molecule has 26 heavy (non-hydrogen) atoms. The Bertz CT molecular complexity index is 729. The predicted molar refractivity (Wildman–Crippen MR) is 116 cm³/mol. The number of carbonyl (C=O) groups excluding carboxylic acids is 1. The molecule has 0 atom stereocenters. The Morgan fingerprint density at radius 3 is 2.69 bits per heavy atom. The van der Waals surface area contributed by atoms with Gasteiger partial charge in [0, 0.05) is 44.3 Å². The number of hydrogen-bond acceptors (Lipinski definition) is 2. The summed E-state index contributed by atoms with van der Waals surface area (Å²) in [5, 5.41) is 6.46. The lowest BCUT2D eigenvalue weighted by Gasteiger charge is -2.17. The molecule has 0 saturated carbocycles. The quantitative estimate of drug-likeness (QED) is 0.389. The van der Waals surface area contributed by atoms with Gasteiger partial charge in [-0.1, -0.05) is 18.2 Å². The van der Waals surface area contributed by atoms with Crippen molar-refractivity contribution in [2.75, 3.05) is 31.1 Å². The Balaban J connectivity index is 0.00000243. The van der Waals surface area contributed by atoms with E-state index in [-0.39, 0.29) is 36.4 Å². The maximum atomic E-state index is 12.5. The molecular weight excluding hydrogens is 441 g/mol. The highest BCUT2D eigenvalue weighted by molar-refractivity contribution is 14.0. The molecule has 6 nitrogen and oxygen atoms in total. The molecule has 7 heteroatoms. The molecule has 1 aliphatic rings. The number of fused-ring (bicyclic) bond motifs is 1. The zero-order chi connectivity index (χ0) is 17.5. The number of rotatable bonds is 6. The summed E-state index contributed by atoms with van der Waals surface area (Å²) < 4.78 is 2.10. The number of anilines is 1. The van der Waals surface area contributed by atoms with Crippen molar-refractivity contribution in [1.82, 2.24) is 15.2 Å². The summed E-state index contributed by atoms with van der Waals surface area (Å²) in [4.78, 5) is 18.8. The van der Waals surface area contributed by atoms with Crippen molar-refractivity contribution in [3.8, 4) is 0 Å². The summed E-state index contributed by atoms with van der Waals surface area (Å²) in [5.74, 6) is 0.711. The van der Waals surface area contributed by atoms with E-state index in [0.29, 0.717) is 5.96 Å². The van der Waals surface area contributed by atoms with E-state index in [2.05, 4.69) is 26.3 Å². The molecule has 1 aromatic carbocycles. The van der Waals surface area contributed by atoms with Crippen LogP contribution in [0.3, 0.4) is 0 Å². The molecule has 0 bridgehead atoms. The van der Waals surface area contributed by atoms with Crippen molar-refractivity contribution < 1.29 is 4.79 Å². The van der Waals surface area contributed by atoms with E-state index in [1.807, 2.05) is 54.5 Å². The lowest BCUT2D eigenvalue weighted by Crippen LogP contribution is -2.40. The van der Waals surface area contributed by atoms with E-state index in [9.17, 15) is 4.79 Å². The Morgan fingerprint density at radius 2 is 1.92 bits per heavy atom. The van der Waals surface area contributed by atoms with Crippen molar-refractivity contribution in [2.45, 2.75) is 19.9 Å². The van der Waals surface area contributed by atoms with E-state index in [0.717, 1.165) is 38.3 Å². The molecule has 0 fully saturated rings. The largest absolute Gasteiger partial charge is 0.357 e. The van der Waals surface area contributed by atoms with Crippen LogP contribution in [-0.4, -0.2) is 42.6 Å². The number of hydrogen-bond donors (Lipinski definition) is 2. The smallest absolute Gasteiger partial charge is 0.248 e. The molecule has 0 unspecified atom stereocenters. The van der Waals surface area contributed by atoms with Gasteiger partial charge in [-0.25, -0.2) is 4.99 Å². The number of halogens is 1. The number of nitrogens with zero attached hydrogens (tertiary/aromatic N) is 3. The third-order valence-electron chi connectivity index (χ3n) is 4.23. The first-order valence-corrected chi connectivity index (χ1v) is 8.79. The van der Waals surface area contributed by atoms with Gasteiger partial charge >= 0.3 is 0 Å². The standard InChI is InChI=1S/C19H25N5O.HI/c1-2-20-19(21-10-14-23-11-5-6-12-23)22-15-18(25)24-13-9-16-7-3-4-8-17(16)24;/h3-8,11-12H,2,9-10,13-15H2,1H3,(H2,20,21,22);1H. The molecule has 3 rings (SSSR count). The number of amides is 1. The van der Waals surface area contributed by atoms with Crippen LogP contribution in [0.1, 0.15) is 12.5 Å². The second-order valence-corrected chi connectivity index (χ2v) is 5.97. The molecule has 0 saturated heterocycles. The lowest BCUT2D eigenvalue weighted by atomic mass is 10.2. The zero-order valence-corrected chi connectivity index (χ0v) is 17.3. The van der Waals surface area contributed by atoms with Crippen LogP contribution >= 0.6 is 24.0 Å². The van der Waals surface area contributed by atoms with Crippen LogP contribution in [0.4, 0.5) is 5.69 Å². The van der Waals surface area contributed by atoms with Gasteiger partial charge in [-0.05, 0) is 37.1 Å². The zero-order valence-electron chi connectivity index (χ0n) is 15.0. The number of guanidine groups is 1. The maximum Gasteiger partial charge on any atom is 0.248 e. The first kappa shape index (κ1) is 20.3. The highest BCUT2D eigenvalue weighted by Crippen LogP contribution is 2.27. The Kier molecular flexibility index (Phi) is 7.96. The van der Waals surface area contributed by atoms with Crippen LogP contribution < -0.4 is 15.5 Å². The fraction of sp³-hybridized carbons (Fsp3) is 0.368. The van der Waals surface area contributed by atoms with E-state index in [1.54, 1.807) is 0 Å². The van der Waals surface area contributed by atoms with Crippen LogP contribution in [0.5, 0.6) is 0 Å². The van der Waals surface area contributed by atoms with Gasteiger partial charge in [0.2, 0.25) is 5.91 Å². The topological polar surface area (TPSA) is 61.7 Å². The molecule has 2 aromatic rings. The number of aromatic nitrogens is 1. The van der Waals surface area contributed by atoms with Crippen molar-refractivity contribution in [2.24, 2.45) is 4.99 Å². The third-order valence-corrected chi connectivity index (χ3v) is 4.23. The van der Waals surface area contributed by atoms with Crippen LogP contribution in [0.2, 0.25) is 0 Å². The fourth-order valence-corrected chi connectivity index (χ4v) is 2.99. The Hall–Kier alpha value is -2.03. The van der Waals surface area contributed by atoms with Gasteiger partial charge in [0.05, 0.1) is 0 Å². The average Bonchev–Trinajstić information content (AvgIpc) is 3.29. The van der Waals surface area contributed by atoms with E-state index >= 15 is 0 Å². The fourth-order valence-electron chi connectivity index (χ4n) is 2.99. The Labute approximate surface area is 171 Å². The van der Waals surface area contributed by atoms with Crippen LogP contribution in [0.15, 0.2) is 53.8 Å². The van der Waals surface area contributed by atoms with Gasteiger partial charge in [0.1, 0.15) is 6.54 Å². The summed E-state index contributed by atoms with van der Waals surface area (Å²) in [7, 11) is 0. The van der Waals surface area contributed by atoms with Gasteiger partial charge in [-0.15, -0.1) is 24.0 Å². The second-order valence-electron chi connectivity index (χ2n) is 5.97. The maximum absolute atomic E-state index is 12.5. The Morgan fingerprint density at radius 1 is 1.15 bits per heavy atom. The molecule has 1 aromatic heterocycles. The predicted octanol–water partition coefficient (Wildman–Crippen LogP) is 2.25. The first-order chi connectivity index (χ1) is 12.3. The van der Waals surface area contributed by atoms with Crippen LogP contribution in [0.25, 0.3) is 0 Å². The second kappa shape index (κ2) is 10.2. The van der Waals surface area contributed by atoms with E-state index in [1.165, 1.54) is 5.56 Å². The lowest BCUT2D eigenvalue weighted by molar-refractivity contribution is -0.117. The SMILES string of the molecule is CCNC(=NCC(=O)N1CCc2ccccc21)NCCn1cccc1.I.